The fourth-order valence-corrected chi connectivity index (χ4v) is 1.96. The number of carbonyl (C=O) groups excluding carboxylic acids is 2. The van der Waals surface area contributed by atoms with Crippen LogP contribution in [0.25, 0.3) is 0 Å². The highest BCUT2D eigenvalue weighted by Crippen LogP contribution is 2.29. The molecule has 1 heterocycles. The van der Waals surface area contributed by atoms with Gasteiger partial charge in [0.15, 0.2) is 0 Å². The Morgan fingerprint density at radius 1 is 1.44 bits per heavy atom. The molecule has 0 atom stereocenters. The first-order valence-corrected chi connectivity index (χ1v) is 5.31. The van der Waals surface area contributed by atoms with Gasteiger partial charge in [-0.15, -0.1) is 0 Å². The molecule has 0 bridgehead atoms. The fourth-order valence-electron chi connectivity index (χ4n) is 1.85. The van der Waals surface area contributed by atoms with Gasteiger partial charge in [0.1, 0.15) is 0 Å². The van der Waals surface area contributed by atoms with Gasteiger partial charge in [-0.05, 0) is 41.8 Å². The van der Waals surface area contributed by atoms with E-state index in [0.717, 1.165) is 11.3 Å². The maximum Gasteiger partial charge on any atom is 0.318 e. The van der Waals surface area contributed by atoms with Gasteiger partial charge in [-0.1, -0.05) is 0 Å². The van der Waals surface area contributed by atoms with Crippen molar-refractivity contribution >= 4 is 34.2 Å². The summed E-state index contributed by atoms with van der Waals surface area (Å²) < 4.78 is 0. The summed E-state index contributed by atoms with van der Waals surface area (Å²) in [7, 11) is 1.75. The summed E-state index contributed by atoms with van der Waals surface area (Å²) in [4.78, 5) is 23.8. The lowest BCUT2D eigenvalue weighted by molar-refractivity contribution is -0.118. The minimum atomic E-state index is -0.611. The predicted octanol–water partition coefficient (Wildman–Crippen LogP) is 2.37. The van der Waals surface area contributed by atoms with Crippen LogP contribution >= 0.6 is 11.6 Å². The van der Waals surface area contributed by atoms with E-state index in [1.54, 1.807) is 18.0 Å². The van der Waals surface area contributed by atoms with Crippen LogP contribution in [0.4, 0.5) is 16.2 Å². The van der Waals surface area contributed by atoms with Crippen LogP contribution in [0.5, 0.6) is 0 Å². The van der Waals surface area contributed by atoms with E-state index in [2.05, 4.69) is 5.32 Å². The number of halogens is 1. The van der Waals surface area contributed by atoms with Gasteiger partial charge in [0.2, 0.25) is 5.91 Å². The van der Waals surface area contributed by atoms with E-state index in [0.29, 0.717) is 18.5 Å². The molecule has 0 radical (unpaired) electrons. The summed E-state index contributed by atoms with van der Waals surface area (Å²) in [6, 6.07) is 5.39. The molecule has 1 aromatic carbocycles. The summed E-state index contributed by atoms with van der Waals surface area (Å²) in [5.41, 5.74) is 2.59. The summed E-state index contributed by atoms with van der Waals surface area (Å²) in [5.74, 6) is 0.113. The smallest absolute Gasteiger partial charge is 0.315 e. The molecule has 2 amide bonds. The molecule has 0 saturated heterocycles. The molecule has 0 aromatic heterocycles. The van der Waals surface area contributed by atoms with E-state index in [-0.39, 0.29) is 5.91 Å². The van der Waals surface area contributed by atoms with Gasteiger partial charge < -0.3 is 10.2 Å². The standard InChI is InChI=1S/C11H11ClN2O2/c1-14-9-4-3-8(13-11(12)16)6-7(9)2-5-10(14)15/h3-4,6H,2,5H2,1H3,(H,13,16). The van der Waals surface area contributed by atoms with Crippen LogP contribution in [0.15, 0.2) is 18.2 Å². The average molecular weight is 239 g/mol. The number of benzene rings is 1. The Morgan fingerprint density at radius 2 is 2.19 bits per heavy atom. The molecule has 16 heavy (non-hydrogen) atoms. The minimum Gasteiger partial charge on any atom is -0.315 e. The van der Waals surface area contributed by atoms with E-state index < -0.39 is 5.37 Å². The highest BCUT2D eigenvalue weighted by Gasteiger charge is 2.20. The number of nitrogens with zero attached hydrogens (tertiary/aromatic N) is 1. The van der Waals surface area contributed by atoms with E-state index in [1.807, 2.05) is 12.1 Å². The second-order valence-electron chi connectivity index (χ2n) is 3.69. The van der Waals surface area contributed by atoms with E-state index in [9.17, 15) is 9.59 Å². The molecule has 1 aliphatic heterocycles. The molecule has 5 heteroatoms. The molecular weight excluding hydrogens is 228 g/mol. The maximum atomic E-state index is 11.5. The molecule has 4 nitrogen and oxygen atoms in total. The highest BCUT2D eigenvalue weighted by molar-refractivity contribution is 6.65. The van der Waals surface area contributed by atoms with Crippen molar-refractivity contribution in [3.8, 4) is 0 Å². The monoisotopic (exact) mass is 238 g/mol. The largest absolute Gasteiger partial charge is 0.318 e. The Labute approximate surface area is 98.2 Å². The van der Waals surface area contributed by atoms with Crippen molar-refractivity contribution < 1.29 is 9.59 Å². The summed E-state index contributed by atoms with van der Waals surface area (Å²) in [5, 5.41) is 1.89. The topological polar surface area (TPSA) is 49.4 Å². The van der Waals surface area contributed by atoms with Crippen molar-refractivity contribution in [1.29, 1.82) is 0 Å². The molecule has 0 unspecified atom stereocenters. The van der Waals surface area contributed by atoms with Gasteiger partial charge in [-0.3, -0.25) is 9.59 Å². The average Bonchev–Trinajstić information content (AvgIpc) is 2.23. The Bertz CT molecular complexity index is 459. The first-order valence-electron chi connectivity index (χ1n) is 4.94. The van der Waals surface area contributed by atoms with Crippen LogP contribution in [0.2, 0.25) is 0 Å². The molecular formula is C11H11ClN2O2. The molecule has 0 fully saturated rings. The van der Waals surface area contributed by atoms with Crippen LogP contribution in [0, 0.1) is 0 Å². The second-order valence-corrected chi connectivity index (χ2v) is 4.04. The van der Waals surface area contributed by atoms with Gasteiger partial charge >= 0.3 is 5.37 Å². The van der Waals surface area contributed by atoms with Crippen LogP contribution in [0.3, 0.4) is 0 Å². The first kappa shape index (κ1) is 11.0. The molecule has 1 aliphatic rings. The number of hydrogen-bond donors (Lipinski definition) is 1. The van der Waals surface area contributed by atoms with E-state index in [1.165, 1.54) is 0 Å². The Kier molecular flexibility index (Phi) is 2.83. The number of hydrogen-bond acceptors (Lipinski definition) is 2. The maximum absolute atomic E-state index is 11.5. The molecule has 0 spiro atoms. The van der Waals surface area contributed by atoms with Crippen molar-refractivity contribution in [2.75, 3.05) is 17.3 Å². The van der Waals surface area contributed by atoms with Gasteiger partial charge in [0.25, 0.3) is 0 Å². The Balaban J connectivity index is 2.33. The van der Waals surface area contributed by atoms with Crippen LogP contribution in [-0.4, -0.2) is 18.3 Å². The Morgan fingerprint density at radius 3 is 2.88 bits per heavy atom. The normalized spacial score (nSPS) is 14.6. The van der Waals surface area contributed by atoms with Gasteiger partial charge in [-0.25, -0.2) is 0 Å². The highest BCUT2D eigenvalue weighted by atomic mass is 35.5. The third-order valence-corrected chi connectivity index (χ3v) is 2.76. The Hall–Kier alpha value is -1.55. The first-order chi connectivity index (χ1) is 7.58. The van der Waals surface area contributed by atoms with Crippen molar-refractivity contribution in [2.45, 2.75) is 12.8 Å². The molecule has 1 N–H and O–H groups in total. The van der Waals surface area contributed by atoms with Crippen LogP contribution < -0.4 is 10.2 Å². The number of anilines is 2. The summed E-state index contributed by atoms with van der Waals surface area (Å²) in [6.45, 7) is 0. The molecule has 0 aliphatic carbocycles. The number of carbonyl (C=O) groups is 2. The quantitative estimate of drug-likeness (QED) is 0.603. The zero-order chi connectivity index (χ0) is 11.7. The fraction of sp³-hybridized carbons (Fsp3) is 0.273. The minimum absolute atomic E-state index is 0.113. The van der Waals surface area contributed by atoms with Crippen LogP contribution in [-0.2, 0) is 11.2 Å². The second kappa shape index (κ2) is 4.14. The third-order valence-electron chi connectivity index (χ3n) is 2.67. The molecule has 2 rings (SSSR count). The lowest BCUT2D eigenvalue weighted by atomic mass is 10.0. The van der Waals surface area contributed by atoms with Crippen molar-refractivity contribution in [3.05, 3.63) is 23.8 Å². The predicted molar refractivity (Wildman–Crippen MR) is 63.0 cm³/mol. The van der Waals surface area contributed by atoms with E-state index >= 15 is 0 Å². The lowest BCUT2D eigenvalue weighted by Gasteiger charge is -2.26. The molecule has 1 aromatic rings. The number of aryl methyl sites for hydroxylation is 1. The number of fused-ring (bicyclic) bond motifs is 1. The van der Waals surface area contributed by atoms with Crippen molar-refractivity contribution in [3.63, 3.8) is 0 Å². The number of nitrogens with one attached hydrogen (secondary N) is 1. The van der Waals surface area contributed by atoms with Crippen molar-refractivity contribution in [2.24, 2.45) is 0 Å². The SMILES string of the molecule is CN1C(=O)CCc2cc(NC(=O)Cl)ccc21. The van der Waals surface area contributed by atoms with Gasteiger partial charge in [0, 0.05) is 24.8 Å². The zero-order valence-corrected chi connectivity index (χ0v) is 9.54. The molecule has 0 saturated carbocycles. The summed E-state index contributed by atoms with van der Waals surface area (Å²) >= 11 is 5.23. The van der Waals surface area contributed by atoms with Gasteiger partial charge in [0.05, 0.1) is 0 Å². The van der Waals surface area contributed by atoms with Gasteiger partial charge in [-0.2, -0.15) is 0 Å². The summed E-state index contributed by atoms with van der Waals surface area (Å²) in [6.07, 6.45) is 1.20. The molecule has 84 valence electrons. The third kappa shape index (κ3) is 2.02. The van der Waals surface area contributed by atoms with Crippen molar-refractivity contribution in [1.82, 2.24) is 0 Å². The zero-order valence-electron chi connectivity index (χ0n) is 8.79. The lowest BCUT2D eigenvalue weighted by Crippen LogP contribution is -2.31. The van der Waals surface area contributed by atoms with Crippen LogP contribution in [0.1, 0.15) is 12.0 Å². The number of amides is 2. The number of rotatable bonds is 1. The van der Waals surface area contributed by atoms with E-state index in [4.69, 9.17) is 11.6 Å².